The van der Waals surface area contributed by atoms with Gasteiger partial charge in [0.15, 0.2) is 0 Å². The molecule has 6 heteroatoms. The summed E-state index contributed by atoms with van der Waals surface area (Å²) in [5.41, 5.74) is 2.79. The van der Waals surface area contributed by atoms with Gasteiger partial charge in [0.25, 0.3) is 5.91 Å². The molecule has 0 fully saturated rings. The van der Waals surface area contributed by atoms with Crippen molar-refractivity contribution in [2.75, 3.05) is 5.32 Å². The number of anilines is 1. The minimum Gasteiger partial charge on any atom is -0.366 e. The van der Waals surface area contributed by atoms with Crippen LogP contribution in [0.4, 0.5) is 5.82 Å². The van der Waals surface area contributed by atoms with Gasteiger partial charge in [0.2, 0.25) is 0 Å². The smallest absolute Gasteiger partial charge is 0.281 e. The molecule has 0 aliphatic heterocycles. The van der Waals surface area contributed by atoms with E-state index in [0.717, 1.165) is 5.56 Å². The molecular formula is C22H17ClN4O. The average molecular weight is 389 g/mol. The molecule has 0 amide bonds. The third-order valence-electron chi connectivity index (χ3n) is 4.25. The normalized spacial score (nSPS) is 10.6. The highest BCUT2D eigenvalue weighted by Crippen LogP contribution is 2.24. The number of nitrogens with one attached hydrogen (secondary N) is 1. The molecule has 0 radical (unpaired) electrons. The predicted molar refractivity (Wildman–Crippen MR) is 110 cm³/mol. The molecule has 28 heavy (non-hydrogen) atoms. The maximum Gasteiger partial charge on any atom is 0.281 e. The summed E-state index contributed by atoms with van der Waals surface area (Å²) in [5.74, 6) is 0.276. The van der Waals surface area contributed by atoms with Gasteiger partial charge >= 0.3 is 0 Å². The molecule has 0 aliphatic rings. The van der Waals surface area contributed by atoms with Gasteiger partial charge in [0.1, 0.15) is 11.5 Å². The van der Waals surface area contributed by atoms with Crippen molar-refractivity contribution in [2.24, 2.45) is 0 Å². The second-order valence-electron chi connectivity index (χ2n) is 6.17. The second-order valence-corrected chi connectivity index (χ2v) is 6.57. The molecule has 4 rings (SSSR count). The van der Waals surface area contributed by atoms with Crippen LogP contribution < -0.4 is 5.32 Å². The molecule has 2 aromatic carbocycles. The zero-order chi connectivity index (χ0) is 19.3. The molecule has 2 aromatic heterocycles. The van der Waals surface area contributed by atoms with Crippen LogP contribution in [0, 0.1) is 0 Å². The lowest BCUT2D eigenvalue weighted by atomic mass is 10.2. The zero-order valence-corrected chi connectivity index (χ0v) is 15.7. The van der Waals surface area contributed by atoms with E-state index in [4.69, 9.17) is 11.6 Å². The van der Waals surface area contributed by atoms with Crippen molar-refractivity contribution in [1.82, 2.24) is 14.8 Å². The van der Waals surface area contributed by atoms with Crippen LogP contribution in [0.3, 0.4) is 0 Å². The summed E-state index contributed by atoms with van der Waals surface area (Å²) in [7, 11) is 0. The molecule has 138 valence electrons. The van der Waals surface area contributed by atoms with Gasteiger partial charge in [-0.25, -0.2) is 0 Å². The van der Waals surface area contributed by atoms with Crippen molar-refractivity contribution < 1.29 is 4.79 Å². The fourth-order valence-electron chi connectivity index (χ4n) is 2.84. The van der Waals surface area contributed by atoms with Gasteiger partial charge in [-0.05, 0) is 29.8 Å². The lowest BCUT2D eigenvalue weighted by Crippen LogP contribution is -2.17. The highest BCUT2D eigenvalue weighted by molar-refractivity contribution is 6.33. The summed E-state index contributed by atoms with van der Waals surface area (Å²) < 4.78 is 1.34. The molecule has 0 bridgehead atoms. The number of carbonyl (C=O) groups excluding carboxylic acids is 1. The van der Waals surface area contributed by atoms with Crippen molar-refractivity contribution in [2.45, 2.75) is 6.54 Å². The number of carbonyl (C=O) groups is 1. The summed E-state index contributed by atoms with van der Waals surface area (Å²) >= 11 is 6.22. The Morgan fingerprint density at radius 1 is 0.929 bits per heavy atom. The van der Waals surface area contributed by atoms with Crippen LogP contribution in [0.1, 0.15) is 15.9 Å². The first kappa shape index (κ1) is 17.9. The third kappa shape index (κ3) is 3.80. The fourth-order valence-corrected chi connectivity index (χ4v) is 3.06. The number of nitrogens with zero attached hydrogens (tertiary/aromatic N) is 3. The Morgan fingerprint density at radius 2 is 1.68 bits per heavy atom. The fraction of sp³-hybridized carbons (Fsp3) is 0.0455. The Morgan fingerprint density at radius 3 is 2.43 bits per heavy atom. The topological polar surface area (TPSA) is 59.8 Å². The monoisotopic (exact) mass is 388 g/mol. The average Bonchev–Trinajstić information content (AvgIpc) is 3.18. The van der Waals surface area contributed by atoms with E-state index in [1.165, 1.54) is 4.68 Å². The van der Waals surface area contributed by atoms with Crippen LogP contribution in [-0.2, 0) is 6.54 Å². The summed E-state index contributed by atoms with van der Waals surface area (Å²) in [4.78, 5) is 17.4. The standard InChI is InChI=1S/C22H17ClN4O/c23-18-11-5-4-10-17(18)22(28)27-21(25-15-16-8-2-1-3-9-16)14-20(26-27)19-12-6-7-13-24-19/h1-14,25H,15H2. The van der Waals surface area contributed by atoms with Gasteiger partial charge in [-0.2, -0.15) is 9.78 Å². The quantitative estimate of drug-likeness (QED) is 0.528. The van der Waals surface area contributed by atoms with Crippen molar-refractivity contribution in [3.05, 3.63) is 101 Å². The number of hydrogen-bond donors (Lipinski definition) is 1. The van der Waals surface area contributed by atoms with E-state index >= 15 is 0 Å². The van der Waals surface area contributed by atoms with Gasteiger partial charge in [0.05, 0.1) is 16.3 Å². The number of aromatic nitrogens is 3. The number of hydrogen-bond acceptors (Lipinski definition) is 4. The van der Waals surface area contributed by atoms with Crippen LogP contribution >= 0.6 is 11.6 Å². The lowest BCUT2D eigenvalue weighted by Gasteiger charge is -2.09. The molecule has 2 heterocycles. The van der Waals surface area contributed by atoms with E-state index in [0.29, 0.717) is 34.3 Å². The summed E-state index contributed by atoms with van der Waals surface area (Å²) in [5, 5.41) is 8.18. The number of rotatable bonds is 5. The lowest BCUT2D eigenvalue weighted by molar-refractivity contribution is 0.0948. The van der Waals surface area contributed by atoms with Gasteiger partial charge in [-0.15, -0.1) is 0 Å². The number of pyridine rings is 1. The summed E-state index contributed by atoms with van der Waals surface area (Å²) in [6.45, 7) is 0.560. The van der Waals surface area contributed by atoms with Gasteiger partial charge in [-0.1, -0.05) is 60.1 Å². The van der Waals surface area contributed by atoms with E-state index in [-0.39, 0.29) is 5.91 Å². The highest BCUT2D eigenvalue weighted by atomic mass is 35.5. The van der Waals surface area contributed by atoms with Gasteiger partial charge in [0, 0.05) is 18.8 Å². The summed E-state index contributed by atoms with van der Waals surface area (Å²) in [6, 6.07) is 24.3. The van der Waals surface area contributed by atoms with Crippen LogP contribution in [0.25, 0.3) is 11.4 Å². The molecule has 0 unspecified atom stereocenters. The van der Waals surface area contributed by atoms with Crippen molar-refractivity contribution in [3.8, 4) is 11.4 Å². The molecule has 4 aromatic rings. The Kier molecular flexibility index (Phi) is 5.17. The molecule has 0 atom stereocenters. The molecule has 0 aliphatic carbocycles. The first-order chi connectivity index (χ1) is 13.7. The minimum absolute atomic E-state index is 0.302. The van der Waals surface area contributed by atoms with Crippen LogP contribution in [-0.4, -0.2) is 20.7 Å². The highest BCUT2D eigenvalue weighted by Gasteiger charge is 2.19. The van der Waals surface area contributed by atoms with Crippen molar-refractivity contribution in [1.29, 1.82) is 0 Å². The van der Waals surface area contributed by atoms with Crippen LogP contribution in [0.2, 0.25) is 5.02 Å². The Labute approximate surface area is 167 Å². The van der Waals surface area contributed by atoms with Crippen molar-refractivity contribution in [3.63, 3.8) is 0 Å². The number of benzene rings is 2. The third-order valence-corrected chi connectivity index (χ3v) is 4.58. The Hall–Kier alpha value is -3.44. The van der Waals surface area contributed by atoms with Gasteiger partial charge < -0.3 is 5.32 Å². The van der Waals surface area contributed by atoms with E-state index < -0.39 is 0 Å². The molecule has 0 spiro atoms. The zero-order valence-electron chi connectivity index (χ0n) is 14.9. The second kappa shape index (κ2) is 8.06. The Bertz CT molecular complexity index is 1090. The molecule has 0 saturated carbocycles. The van der Waals surface area contributed by atoms with E-state index in [9.17, 15) is 4.79 Å². The molecule has 1 N–H and O–H groups in total. The minimum atomic E-state index is -0.302. The first-order valence-electron chi connectivity index (χ1n) is 8.81. The first-order valence-corrected chi connectivity index (χ1v) is 9.18. The predicted octanol–water partition coefficient (Wildman–Crippen LogP) is 4.90. The number of halogens is 1. The largest absolute Gasteiger partial charge is 0.366 e. The maximum absolute atomic E-state index is 13.1. The van der Waals surface area contributed by atoms with E-state index in [1.807, 2.05) is 54.6 Å². The summed E-state index contributed by atoms with van der Waals surface area (Å²) in [6.07, 6.45) is 1.70. The Balaban J connectivity index is 1.71. The van der Waals surface area contributed by atoms with Gasteiger partial charge in [-0.3, -0.25) is 9.78 Å². The van der Waals surface area contributed by atoms with Crippen LogP contribution in [0.5, 0.6) is 0 Å². The van der Waals surface area contributed by atoms with Crippen molar-refractivity contribution >= 4 is 23.3 Å². The van der Waals surface area contributed by atoms with E-state index in [2.05, 4.69) is 15.4 Å². The SMILES string of the molecule is O=C(c1ccccc1Cl)n1nc(-c2ccccn2)cc1NCc1ccccc1. The molecule has 5 nitrogen and oxygen atoms in total. The molecule has 0 saturated heterocycles. The van der Waals surface area contributed by atoms with Crippen LogP contribution in [0.15, 0.2) is 85.1 Å². The maximum atomic E-state index is 13.1. The molecular weight excluding hydrogens is 372 g/mol. The van der Waals surface area contributed by atoms with E-state index in [1.54, 1.807) is 30.5 Å².